The first kappa shape index (κ1) is 42.4. The number of Topliss-reactive ketones (excluding diaryl/α,β-unsaturated/α-hetero) is 1. The van der Waals surface area contributed by atoms with Crippen molar-refractivity contribution in [3.05, 3.63) is 53.6 Å². The van der Waals surface area contributed by atoms with Gasteiger partial charge in [0.25, 0.3) is 23.6 Å². The average Bonchev–Trinajstić information content (AvgIpc) is 3.58. The second-order valence-corrected chi connectivity index (χ2v) is 14.3. The second kappa shape index (κ2) is 21.5. The molecular formula is C39H55N3O10. The third-order valence-corrected chi connectivity index (χ3v) is 9.12. The maximum atomic E-state index is 13.0. The Morgan fingerprint density at radius 3 is 1.67 bits per heavy atom. The van der Waals surface area contributed by atoms with E-state index in [4.69, 9.17) is 18.9 Å². The Hall–Kier alpha value is -4.04. The summed E-state index contributed by atoms with van der Waals surface area (Å²) in [6.45, 7) is 13.4. The molecule has 2 aliphatic heterocycles. The fourth-order valence-electron chi connectivity index (χ4n) is 5.59. The van der Waals surface area contributed by atoms with E-state index in [1.54, 1.807) is 0 Å². The number of nitrogens with one attached hydrogen (secondary N) is 1. The molecule has 0 saturated heterocycles. The van der Waals surface area contributed by atoms with Crippen LogP contribution in [0.25, 0.3) is 0 Å². The van der Waals surface area contributed by atoms with Crippen LogP contribution in [0.5, 0.6) is 0 Å². The van der Waals surface area contributed by atoms with E-state index in [2.05, 4.69) is 39.9 Å². The van der Waals surface area contributed by atoms with E-state index in [1.165, 1.54) is 24.3 Å². The van der Waals surface area contributed by atoms with Gasteiger partial charge >= 0.3 is 0 Å². The van der Waals surface area contributed by atoms with Crippen LogP contribution in [0, 0.1) is 17.3 Å². The van der Waals surface area contributed by atoms with E-state index in [0.717, 1.165) is 33.8 Å². The van der Waals surface area contributed by atoms with Crippen LogP contribution in [-0.4, -0.2) is 111 Å². The molecule has 0 saturated carbocycles. The molecule has 3 rings (SSSR count). The number of rotatable bonds is 25. The number of amides is 5. The molecule has 0 aliphatic carbocycles. The standard InChI is InChI=1S/C39H55N3O10/c1-28(24-29(2)39(3,4)5)25-30-6-7-31(27-32(43)12-16-49-20-22-51-18-14-41-35(45)8-9-36(41)46)33(26-30)40-34(44)13-17-50-21-23-52-19-15-42-37(47)10-11-38(42)48/h6-11,26,28-29H,12-25,27H2,1-5H3,(H,40,44)/t28-,29?/m1/s1. The number of ketones is 1. The number of hydrogen-bond donors (Lipinski definition) is 1. The van der Waals surface area contributed by atoms with Crippen LogP contribution in [-0.2, 0) is 60.6 Å². The molecule has 0 aromatic heterocycles. The maximum absolute atomic E-state index is 13.0. The highest BCUT2D eigenvalue weighted by atomic mass is 16.5. The minimum atomic E-state index is -0.352. The van der Waals surface area contributed by atoms with Crippen LogP contribution in [0.3, 0.4) is 0 Å². The van der Waals surface area contributed by atoms with Crippen molar-refractivity contribution in [2.45, 2.75) is 66.7 Å². The molecule has 0 bridgehead atoms. The summed E-state index contributed by atoms with van der Waals surface area (Å²) < 4.78 is 22.0. The van der Waals surface area contributed by atoms with Crippen molar-refractivity contribution in [1.82, 2.24) is 9.80 Å². The van der Waals surface area contributed by atoms with Crippen molar-refractivity contribution in [2.75, 3.05) is 71.3 Å². The van der Waals surface area contributed by atoms with Gasteiger partial charge in [0.2, 0.25) is 5.91 Å². The molecule has 5 amide bonds. The van der Waals surface area contributed by atoms with Gasteiger partial charge in [-0.25, -0.2) is 0 Å². The van der Waals surface area contributed by atoms with Crippen LogP contribution in [0.2, 0.25) is 0 Å². The molecule has 2 heterocycles. The summed E-state index contributed by atoms with van der Waals surface area (Å²) in [5.74, 6) is -0.710. The lowest BCUT2D eigenvalue weighted by Gasteiger charge is -2.29. The monoisotopic (exact) mass is 725 g/mol. The van der Waals surface area contributed by atoms with Gasteiger partial charge in [-0.3, -0.25) is 38.6 Å². The SMILES string of the molecule is CC(C[C@@H](C)Cc1ccc(CC(=O)CCOCCOCCN2C(=O)C=CC2=O)c(NC(=O)CCOCCOCCN2C(=O)C=CC2=O)c1)C(C)(C)C. The Balaban J connectivity index is 1.42. The quantitative estimate of drug-likeness (QED) is 0.117. The summed E-state index contributed by atoms with van der Waals surface area (Å²) >= 11 is 0. The maximum Gasteiger partial charge on any atom is 0.253 e. The van der Waals surface area contributed by atoms with Crippen molar-refractivity contribution in [3.63, 3.8) is 0 Å². The van der Waals surface area contributed by atoms with E-state index in [1.807, 2.05) is 18.2 Å². The molecule has 13 nitrogen and oxygen atoms in total. The molecular weight excluding hydrogens is 670 g/mol. The van der Waals surface area contributed by atoms with Crippen LogP contribution >= 0.6 is 0 Å². The van der Waals surface area contributed by atoms with Gasteiger partial charge in [-0.05, 0) is 47.3 Å². The van der Waals surface area contributed by atoms with Gasteiger partial charge in [0.1, 0.15) is 5.78 Å². The fourth-order valence-corrected chi connectivity index (χ4v) is 5.59. The van der Waals surface area contributed by atoms with Crippen molar-refractivity contribution in [1.29, 1.82) is 0 Å². The summed E-state index contributed by atoms with van der Waals surface area (Å²) in [6, 6.07) is 5.90. The molecule has 2 atom stereocenters. The Kier molecular flexibility index (Phi) is 17.5. The van der Waals surface area contributed by atoms with Crippen LogP contribution in [0.15, 0.2) is 42.5 Å². The highest BCUT2D eigenvalue weighted by Gasteiger charge is 2.24. The van der Waals surface area contributed by atoms with Gasteiger partial charge in [-0.2, -0.15) is 0 Å². The molecule has 1 aromatic carbocycles. The van der Waals surface area contributed by atoms with Crippen LogP contribution in [0.4, 0.5) is 5.69 Å². The molecule has 0 fully saturated rings. The Bertz CT molecular complexity index is 1430. The third-order valence-electron chi connectivity index (χ3n) is 9.12. The smallest absolute Gasteiger partial charge is 0.253 e. The van der Waals surface area contributed by atoms with E-state index < -0.39 is 0 Å². The van der Waals surface area contributed by atoms with Gasteiger partial charge in [-0.1, -0.05) is 46.8 Å². The molecule has 0 spiro atoms. The number of imide groups is 2. The molecule has 0 radical (unpaired) electrons. The van der Waals surface area contributed by atoms with Gasteiger partial charge in [0, 0.05) is 42.8 Å². The summed E-state index contributed by atoms with van der Waals surface area (Å²) in [7, 11) is 0. The van der Waals surface area contributed by atoms with Gasteiger partial charge in [-0.15, -0.1) is 0 Å². The van der Waals surface area contributed by atoms with E-state index in [-0.39, 0.29) is 126 Å². The number of anilines is 1. The molecule has 286 valence electrons. The third kappa shape index (κ3) is 14.9. The lowest BCUT2D eigenvalue weighted by atomic mass is 9.76. The second-order valence-electron chi connectivity index (χ2n) is 14.3. The van der Waals surface area contributed by atoms with Gasteiger partial charge < -0.3 is 24.3 Å². The molecule has 52 heavy (non-hydrogen) atoms. The summed E-state index contributed by atoms with van der Waals surface area (Å²) in [5.41, 5.74) is 2.62. The van der Waals surface area contributed by atoms with Gasteiger partial charge in [0.05, 0.1) is 72.4 Å². The lowest BCUT2D eigenvalue weighted by molar-refractivity contribution is -0.139. The number of ether oxygens (including phenoxy) is 4. The molecule has 1 aromatic rings. The zero-order chi connectivity index (χ0) is 38.1. The van der Waals surface area contributed by atoms with Crippen molar-refractivity contribution >= 4 is 41.0 Å². The minimum Gasteiger partial charge on any atom is -0.379 e. The molecule has 2 aliphatic rings. The van der Waals surface area contributed by atoms with Crippen molar-refractivity contribution in [2.24, 2.45) is 17.3 Å². The summed E-state index contributed by atoms with van der Waals surface area (Å²) in [5, 5.41) is 2.99. The van der Waals surface area contributed by atoms with Crippen LogP contribution < -0.4 is 5.32 Å². The number of nitrogens with zero attached hydrogens (tertiary/aromatic N) is 2. The van der Waals surface area contributed by atoms with E-state index in [9.17, 15) is 28.8 Å². The first-order valence-corrected chi connectivity index (χ1v) is 18.1. The number of carbonyl (C=O) groups excluding carboxylic acids is 6. The molecule has 1 N–H and O–H groups in total. The zero-order valence-corrected chi connectivity index (χ0v) is 31.3. The number of hydrogen-bond acceptors (Lipinski definition) is 10. The Labute approximate surface area is 307 Å². The average molecular weight is 726 g/mol. The normalized spacial score (nSPS) is 15.6. The largest absolute Gasteiger partial charge is 0.379 e. The molecule has 1 unspecified atom stereocenters. The highest BCUT2D eigenvalue weighted by molar-refractivity contribution is 6.13. The first-order chi connectivity index (χ1) is 24.7. The predicted molar refractivity (Wildman–Crippen MR) is 194 cm³/mol. The first-order valence-electron chi connectivity index (χ1n) is 18.1. The van der Waals surface area contributed by atoms with E-state index >= 15 is 0 Å². The lowest BCUT2D eigenvalue weighted by Crippen LogP contribution is -2.33. The van der Waals surface area contributed by atoms with Crippen molar-refractivity contribution in [3.8, 4) is 0 Å². The highest BCUT2D eigenvalue weighted by Crippen LogP contribution is 2.32. The van der Waals surface area contributed by atoms with Crippen molar-refractivity contribution < 1.29 is 47.7 Å². The Morgan fingerprint density at radius 2 is 1.17 bits per heavy atom. The summed E-state index contributed by atoms with van der Waals surface area (Å²) in [6.07, 6.45) is 7.26. The molecule has 13 heteroatoms. The van der Waals surface area contributed by atoms with Crippen LogP contribution in [0.1, 0.15) is 65.0 Å². The number of benzene rings is 1. The zero-order valence-electron chi connectivity index (χ0n) is 31.3. The minimum absolute atomic E-state index is 0.0341. The fraction of sp³-hybridized carbons (Fsp3) is 0.590. The number of carbonyl (C=O) groups is 6. The predicted octanol–water partition coefficient (Wildman–Crippen LogP) is 3.68. The summed E-state index contributed by atoms with van der Waals surface area (Å²) in [4.78, 5) is 74.4. The van der Waals surface area contributed by atoms with E-state index in [0.29, 0.717) is 17.5 Å². The van der Waals surface area contributed by atoms with Gasteiger partial charge in [0.15, 0.2) is 0 Å². The topological polar surface area (TPSA) is 158 Å². The Morgan fingerprint density at radius 1 is 0.692 bits per heavy atom.